The average molecular weight is 234 g/mol. The van der Waals surface area contributed by atoms with Crippen LogP contribution in [0.15, 0.2) is 18.2 Å². The van der Waals surface area contributed by atoms with Gasteiger partial charge in [0.25, 0.3) is 5.17 Å². The Bertz CT molecular complexity index is 346. The molecule has 0 saturated heterocycles. The first kappa shape index (κ1) is 11.2. The van der Waals surface area contributed by atoms with Crippen LogP contribution in [-0.2, 0) is 4.74 Å². The Morgan fingerprint density at radius 1 is 1.64 bits per heavy atom. The number of rotatable bonds is 2. The summed E-state index contributed by atoms with van der Waals surface area (Å²) in [4.78, 5) is 0. The van der Waals surface area contributed by atoms with Gasteiger partial charge < -0.3 is 10.1 Å². The van der Waals surface area contributed by atoms with E-state index in [9.17, 15) is 4.39 Å². The summed E-state index contributed by atoms with van der Waals surface area (Å²) < 4.78 is 18.1. The number of thiocarbonyl (C=S) groups is 1. The highest BCUT2D eigenvalue weighted by Gasteiger charge is 2.04. The van der Waals surface area contributed by atoms with Crippen LogP contribution in [0.5, 0.6) is 0 Å². The standard InChI is InChI=1S/C9H9ClFNOS/c1-2-13-9(14)12-8-4-3-6(10)5-7(8)11/h3-5H,2H2,1H3,(H,12,14). The summed E-state index contributed by atoms with van der Waals surface area (Å²) in [7, 11) is 0. The fourth-order valence-corrected chi connectivity index (χ4v) is 1.25. The van der Waals surface area contributed by atoms with Gasteiger partial charge in [0, 0.05) is 5.02 Å². The second-order valence-corrected chi connectivity index (χ2v) is 3.28. The van der Waals surface area contributed by atoms with Crippen LogP contribution in [0.1, 0.15) is 6.92 Å². The first-order valence-corrected chi connectivity index (χ1v) is 4.81. The van der Waals surface area contributed by atoms with Crippen LogP contribution in [0.2, 0.25) is 5.02 Å². The van der Waals surface area contributed by atoms with E-state index in [-0.39, 0.29) is 10.9 Å². The highest BCUT2D eigenvalue weighted by molar-refractivity contribution is 7.80. The van der Waals surface area contributed by atoms with Crippen LogP contribution in [0.25, 0.3) is 0 Å². The Kier molecular flexibility index (Phi) is 4.10. The van der Waals surface area contributed by atoms with Crippen molar-refractivity contribution in [3.05, 3.63) is 29.0 Å². The molecular weight excluding hydrogens is 225 g/mol. The van der Waals surface area contributed by atoms with Gasteiger partial charge in [0.2, 0.25) is 0 Å². The SMILES string of the molecule is CCOC(=S)Nc1ccc(Cl)cc1F. The molecule has 0 saturated carbocycles. The summed E-state index contributed by atoms with van der Waals surface area (Å²) in [5, 5.41) is 3.10. The molecule has 0 amide bonds. The van der Waals surface area contributed by atoms with Crippen molar-refractivity contribution in [1.82, 2.24) is 0 Å². The zero-order chi connectivity index (χ0) is 10.6. The highest BCUT2D eigenvalue weighted by atomic mass is 35.5. The third-order valence-electron chi connectivity index (χ3n) is 1.44. The minimum absolute atomic E-state index is 0.147. The Labute approximate surface area is 92.0 Å². The highest BCUT2D eigenvalue weighted by Crippen LogP contribution is 2.18. The molecule has 5 heteroatoms. The molecule has 0 fully saturated rings. The Balaban J connectivity index is 2.72. The summed E-state index contributed by atoms with van der Waals surface area (Å²) in [5.74, 6) is -0.459. The lowest BCUT2D eigenvalue weighted by Crippen LogP contribution is -2.13. The van der Waals surface area contributed by atoms with E-state index in [0.717, 1.165) is 0 Å². The summed E-state index contributed by atoms with van der Waals surface area (Å²) in [6.45, 7) is 2.24. The number of hydrogen-bond donors (Lipinski definition) is 1. The number of halogens is 2. The molecule has 76 valence electrons. The maximum Gasteiger partial charge on any atom is 0.261 e. The molecule has 1 aromatic carbocycles. The molecule has 14 heavy (non-hydrogen) atoms. The third-order valence-corrected chi connectivity index (χ3v) is 1.90. The van der Waals surface area contributed by atoms with Gasteiger partial charge >= 0.3 is 0 Å². The van der Waals surface area contributed by atoms with Gasteiger partial charge in [-0.2, -0.15) is 0 Å². The zero-order valence-corrected chi connectivity index (χ0v) is 9.08. The lowest BCUT2D eigenvalue weighted by Gasteiger charge is -2.08. The molecule has 0 spiro atoms. The van der Waals surface area contributed by atoms with E-state index < -0.39 is 5.82 Å². The van der Waals surface area contributed by atoms with Crippen molar-refractivity contribution < 1.29 is 9.13 Å². The molecule has 0 aliphatic carbocycles. The van der Waals surface area contributed by atoms with Gasteiger partial charge in [-0.15, -0.1) is 0 Å². The normalized spacial score (nSPS) is 9.64. The molecule has 2 nitrogen and oxygen atoms in total. The second-order valence-electron chi connectivity index (χ2n) is 2.47. The van der Waals surface area contributed by atoms with Crippen LogP contribution in [0, 0.1) is 5.82 Å². The molecule has 0 radical (unpaired) electrons. The van der Waals surface area contributed by atoms with Gasteiger partial charge in [-0.3, -0.25) is 0 Å². The summed E-state index contributed by atoms with van der Waals surface area (Å²) in [5.41, 5.74) is 0.257. The Morgan fingerprint density at radius 3 is 2.93 bits per heavy atom. The van der Waals surface area contributed by atoms with E-state index >= 15 is 0 Å². The number of hydrogen-bond acceptors (Lipinski definition) is 2. The molecule has 0 aliphatic heterocycles. The van der Waals surface area contributed by atoms with Gasteiger partial charge in [-0.05, 0) is 37.3 Å². The van der Waals surface area contributed by atoms with E-state index in [1.807, 2.05) is 0 Å². The van der Waals surface area contributed by atoms with E-state index in [0.29, 0.717) is 11.6 Å². The second kappa shape index (κ2) is 5.12. The van der Waals surface area contributed by atoms with Gasteiger partial charge in [0.1, 0.15) is 5.82 Å². The number of anilines is 1. The fourth-order valence-electron chi connectivity index (χ4n) is 0.868. The predicted molar refractivity (Wildman–Crippen MR) is 59.3 cm³/mol. The smallest absolute Gasteiger partial charge is 0.261 e. The van der Waals surface area contributed by atoms with Crippen LogP contribution in [-0.4, -0.2) is 11.8 Å². The maximum absolute atomic E-state index is 13.2. The number of benzene rings is 1. The first-order valence-electron chi connectivity index (χ1n) is 4.02. The van der Waals surface area contributed by atoms with Gasteiger partial charge in [0.15, 0.2) is 0 Å². The van der Waals surface area contributed by atoms with E-state index in [1.165, 1.54) is 12.1 Å². The van der Waals surface area contributed by atoms with Gasteiger partial charge in [-0.25, -0.2) is 4.39 Å². The molecule has 1 rings (SSSR count). The lowest BCUT2D eigenvalue weighted by atomic mass is 10.3. The zero-order valence-electron chi connectivity index (χ0n) is 7.51. The van der Waals surface area contributed by atoms with Crippen LogP contribution in [0.4, 0.5) is 10.1 Å². The molecule has 0 bridgehead atoms. The van der Waals surface area contributed by atoms with Crippen LogP contribution in [0.3, 0.4) is 0 Å². The predicted octanol–water partition coefficient (Wildman–Crippen LogP) is 3.21. The number of ether oxygens (including phenoxy) is 1. The van der Waals surface area contributed by atoms with E-state index in [2.05, 4.69) is 5.32 Å². The van der Waals surface area contributed by atoms with E-state index in [1.54, 1.807) is 13.0 Å². The van der Waals surface area contributed by atoms with Crippen molar-refractivity contribution in [3.63, 3.8) is 0 Å². The van der Waals surface area contributed by atoms with Crippen LogP contribution >= 0.6 is 23.8 Å². The van der Waals surface area contributed by atoms with Gasteiger partial charge in [0.05, 0.1) is 12.3 Å². The van der Waals surface area contributed by atoms with Crippen molar-refractivity contribution in [2.24, 2.45) is 0 Å². The first-order chi connectivity index (χ1) is 6.63. The Hall–Kier alpha value is -0.870. The molecule has 0 heterocycles. The molecule has 1 aromatic rings. The molecular formula is C9H9ClFNOS. The quantitative estimate of drug-likeness (QED) is 0.793. The molecule has 0 unspecified atom stereocenters. The monoisotopic (exact) mass is 233 g/mol. The summed E-state index contributed by atoms with van der Waals surface area (Å²) in [6.07, 6.45) is 0. The maximum atomic E-state index is 13.2. The van der Waals surface area contributed by atoms with Crippen molar-refractivity contribution in [1.29, 1.82) is 0 Å². The summed E-state index contributed by atoms with van der Waals surface area (Å²) >= 11 is 10.4. The minimum atomic E-state index is -0.459. The molecule has 0 aliphatic rings. The Morgan fingerprint density at radius 2 is 2.36 bits per heavy atom. The average Bonchev–Trinajstić information content (AvgIpc) is 2.10. The lowest BCUT2D eigenvalue weighted by molar-refractivity contribution is 0.335. The van der Waals surface area contributed by atoms with Crippen molar-refractivity contribution in [2.45, 2.75) is 6.92 Å². The minimum Gasteiger partial charge on any atom is -0.471 e. The van der Waals surface area contributed by atoms with Crippen molar-refractivity contribution >= 4 is 34.7 Å². The molecule has 0 atom stereocenters. The summed E-state index contributed by atoms with van der Waals surface area (Å²) in [6, 6.07) is 4.28. The largest absolute Gasteiger partial charge is 0.471 e. The number of nitrogens with one attached hydrogen (secondary N) is 1. The molecule has 0 aromatic heterocycles. The van der Waals surface area contributed by atoms with Crippen molar-refractivity contribution in [2.75, 3.05) is 11.9 Å². The van der Waals surface area contributed by atoms with E-state index in [4.69, 9.17) is 28.6 Å². The van der Waals surface area contributed by atoms with Gasteiger partial charge in [-0.1, -0.05) is 11.6 Å². The van der Waals surface area contributed by atoms with Crippen molar-refractivity contribution in [3.8, 4) is 0 Å². The third kappa shape index (κ3) is 3.12. The van der Waals surface area contributed by atoms with Crippen LogP contribution < -0.4 is 5.32 Å². The fraction of sp³-hybridized carbons (Fsp3) is 0.222. The molecule has 1 N–H and O–H groups in total. The topological polar surface area (TPSA) is 21.3 Å².